The Morgan fingerprint density at radius 1 is 1.01 bits per heavy atom. The third kappa shape index (κ3) is 12.5. The van der Waals surface area contributed by atoms with Gasteiger partial charge in [0.2, 0.25) is 17.7 Å². The second-order valence-corrected chi connectivity index (χ2v) is 19.9. The lowest BCUT2D eigenvalue weighted by atomic mass is 9.85. The van der Waals surface area contributed by atoms with Gasteiger partial charge in [-0.15, -0.1) is 11.3 Å². The van der Waals surface area contributed by atoms with Crippen molar-refractivity contribution in [3.8, 4) is 22.3 Å². The summed E-state index contributed by atoms with van der Waals surface area (Å²) in [5.41, 5.74) is 3.07. The minimum atomic E-state index is -1.14. The fraction of sp³-hybridized carbons (Fsp3) is 0.449. The molecule has 3 atom stereocenters. The molecule has 2 fully saturated rings. The first-order valence-corrected chi connectivity index (χ1v) is 23.9. The number of thiazole rings is 1. The predicted octanol–water partition coefficient (Wildman–Crippen LogP) is 8.06. The number of hydrogen-bond donors (Lipinski definition) is 2. The van der Waals surface area contributed by atoms with E-state index in [9.17, 15) is 24.4 Å². The van der Waals surface area contributed by atoms with Crippen LogP contribution < -0.4 is 25.2 Å². The minimum Gasteiger partial charge on any atom is -0.491 e. The van der Waals surface area contributed by atoms with Gasteiger partial charge < -0.3 is 34.6 Å². The summed E-state index contributed by atoms with van der Waals surface area (Å²) in [6.45, 7) is 12.9. The number of benzene rings is 3. The van der Waals surface area contributed by atoms with Gasteiger partial charge >= 0.3 is 0 Å². The van der Waals surface area contributed by atoms with E-state index in [0.717, 1.165) is 16.0 Å². The molecule has 67 heavy (non-hydrogen) atoms. The van der Waals surface area contributed by atoms with Gasteiger partial charge in [0, 0.05) is 50.9 Å². The Labute approximate surface area is 405 Å². The number of amides is 4. The molecule has 0 saturated carbocycles. The second-order valence-electron chi connectivity index (χ2n) is 18.3. The maximum atomic E-state index is 15.3. The first kappa shape index (κ1) is 50.9. The van der Waals surface area contributed by atoms with Crippen molar-refractivity contribution in [1.82, 2.24) is 20.5 Å². The number of aromatic nitrogens is 1. The summed E-state index contributed by atoms with van der Waals surface area (Å²) in [5.74, 6) is -1.71. The second kappa shape index (κ2) is 22.5. The van der Waals surface area contributed by atoms with Crippen molar-refractivity contribution in [2.45, 2.75) is 91.4 Å². The van der Waals surface area contributed by atoms with Crippen molar-refractivity contribution < 1.29 is 37.8 Å². The highest BCUT2D eigenvalue weighted by molar-refractivity contribution is 7.81. The lowest BCUT2D eigenvalue weighted by Gasteiger charge is -2.35. The molecule has 0 radical (unpaired) electrons. The molecule has 0 spiro atoms. The van der Waals surface area contributed by atoms with Gasteiger partial charge in [0.1, 0.15) is 30.3 Å². The molecule has 356 valence electrons. The number of likely N-dealkylation sites (tertiary alicyclic amines) is 1. The zero-order chi connectivity index (χ0) is 48.5. The zero-order valence-electron chi connectivity index (χ0n) is 38.6. The molecule has 2 aliphatic heterocycles. The van der Waals surface area contributed by atoms with Gasteiger partial charge in [0.15, 0.2) is 16.7 Å². The lowest BCUT2D eigenvalue weighted by molar-refractivity contribution is -0.144. The predicted molar refractivity (Wildman–Crippen MR) is 260 cm³/mol. The van der Waals surface area contributed by atoms with Crippen LogP contribution in [0.1, 0.15) is 78.4 Å². The molecule has 3 heterocycles. The van der Waals surface area contributed by atoms with Gasteiger partial charge in [-0.3, -0.25) is 29.1 Å². The van der Waals surface area contributed by atoms with E-state index in [1.807, 2.05) is 64.2 Å². The highest BCUT2D eigenvalue weighted by Crippen LogP contribution is 2.39. The Bertz CT molecular complexity index is 2460. The highest BCUT2D eigenvalue weighted by Gasteiger charge is 2.50. The van der Waals surface area contributed by atoms with E-state index in [1.54, 1.807) is 52.6 Å². The average Bonchev–Trinajstić information content (AvgIpc) is 4.01. The Balaban J connectivity index is 0.866. The van der Waals surface area contributed by atoms with Gasteiger partial charge in [0.05, 0.1) is 33.3 Å². The SMILES string of the molecule is C[C@@H]1C[C@@H](C(=O)NCc2ccc(-c3cncs3)cc2)N(C(=O)[C@@H](NC(=O)COCCCOCCCCOc2ccc(N3C(=S)N(c4ccc(C#N)c(Cl)c4)C(=O)C3(C)C)cc2F)C(C)(C)C)C1. The van der Waals surface area contributed by atoms with E-state index >= 15 is 4.39 Å². The van der Waals surface area contributed by atoms with E-state index in [2.05, 4.69) is 15.6 Å². The molecule has 14 nitrogen and oxygen atoms in total. The number of carbonyl (C=O) groups excluding carboxylic acids is 4. The average molecular weight is 975 g/mol. The van der Waals surface area contributed by atoms with Crippen LogP contribution in [0.4, 0.5) is 15.8 Å². The number of anilines is 2. The molecule has 2 N–H and O–H groups in total. The molecular weight excluding hydrogens is 917 g/mol. The summed E-state index contributed by atoms with van der Waals surface area (Å²) >= 11 is 13.5. The van der Waals surface area contributed by atoms with Crippen LogP contribution in [0.15, 0.2) is 72.4 Å². The molecule has 2 saturated heterocycles. The van der Waals surface area contributed by atoms with Crippen molar-refractivity contribution in [2.75, 3.05) is 49.4 Å². The molecular formula is C49H57ClFN7O7S2. The number of unbranched alkanes of at least 4 members (excludes halogenated alkanes) is 1. The van der Waals surface area contributed by atoms with Crippen LogP contribution in [0, 0.1) is 28.5 Å². The molecule has 6 rings (SSSR count). The summed E-state index contributed by atoms with van der Waals surface area (Å²) in [7, 11) is 0. The summed E-state index contributed by atoms with van der Waals surface area (Å²) in [5, 5.41) is 15.5. The van der Waals surface area contributed by atoms with E-state index < -0.39 is 34.8 Å². The number of ether oxygens (including phenoxy) is 3. The number of thiocarbonyl (C=S) groups is 1. The smallest absolute Gasteiger partial charge is 0.259 e. The standard InChI is InChI=1S/C49H57ClFN7O7S2/c1-31-22-39(44(60)54-26-32-10-12-33(13-11-32)41-27-53-30-67-41)56(28-31)45(61)43(48(2,3)4)55-42(59)29-64-20-9-19-63-18-7-8-21-65-40-17-16-36(24-38(40)51)58-47(66)57(46(62)49(58,5)6)35-15-14-34(25-52)37(50)23-35/h10-17,23-24,27,30-31,39,43H,7-9,18-22,26,28-29H2,1-6H3,(H,54,60)(H,55,59)/t31-,39+,43-/m1/s1. The van der Waals surface area contributed by atoms with Gasteiger partial charge in [-0.25, -0.2) is 4.39 Å². The molecule has 1 aromatic heterocycles. The number of rotatable bonds is 20. The third-order valence-electron chi connectivity index (χ3n) is 11.6. The Kier molecular flexibility index (Phi) is 17.1. The molecule has 0 aliphatic carbocycles. The topological polar surface area (TPSA) is 166 Å². The number of halogens is 2. The van der Waals surface area contributed by atoms with Gasteiger partial charge in [-0.1, -0.05) is 63.6 Å². The fourth-order valence-corrected chi connectivity index (χ4v) is 9.33. The highest BCUT2D eigenvalue weighted by atomic mass is 35.5. The van der Waals surface area contributed by atoms with E-state index in [-0.39, 0.29) is 64.9 Å². The number of nitriles is 1. The van der Waals surface area contributed by atoms with Gasteiger partial charge in [-0.2, -0.15) is 5.26 Å². The fourth-order valence-electron chi connectivity index (χ4n) is 7.96. The third-order valence-corrected chi connectivity index (χ3v) is 13.1. The van der Waals surface area contributed by atoms with Crippen molar-refractivity contribution in [3.63, 3.8) is 0 Å². The summed E-state index contributed by atoms with van der Waals surface area (Å²) < 4.78 is 32.3. The minimum absolute atomic E-state index is 0.0633. The molecule has 18 heteroatoms. The largest absolute Gasteiger partial charge is 0.491 e. The molecule has 2 aliphatic rings. The molecule has 0 unspecified atom stereocenters. The molecule has 3 aromatic carbocycles. The number of hydrogen-bond acceptors (Lipinski definition) is 11. The quantitative estimate of drug-likeness (QED) is 0.0650. The van der Waals surface area contributed by atoms with Crippen LogP contribution in [-0.4, -0.2) is 95.8 Å². The van der Waals surface area contributed by atoms with Crippen molar-refractivity contribution >= 4 is 75.3 Å². The van der Waals surface area contributed by atoms with E-state index in [0.29, 0.717) is 63.4 Å². The number of carbonyl (C=O) groups is 4. The van der Waals surface area contributed by atoms with Crippen LogP contribution in [0.5, 0.6) is 5.75 Å². The van der Waals surface area contributed by atoms with Crippen LogP contribution in [0.25, 0.3) is 10.4 Å². The summed E-state index contributed by atoms with van der Waals surface area (Å²) in [4.78, 5) is 63.7. The molecule has 0 bridgehead atoms. The maximum Gasteiger partial charge on any atom is 0.259 e. The first-order chi connectivity index (χ1) is 31.9. The Morgan fingerprint density at radius 2 is 1.72 bits per heavy atom. The summed E-state index contributed by atoms with van der Waals surface area (Å²) in [6.07, 6.45) is 4.17. The van der Waals surface area contributed by atoms with Crippen LogP contribution >= 0.6 is 35.2 Å². The van der Waals surface area contributed by atoms with Crippen molar-refractivity contribution in [2.24, 2.45) is 11.3 Å². The summed E-state index contributed by atoms with van der Waals surface area (Å²) in [6, 6.07) is 17.5. The van der Waals surface area contributed by atoms with Crippen molar-refractivity contribution in [3.05, 3.63) is 94.3 Å². The number of nitrogens with zero attached hydrogens (tertiary/aromatic N) is 5. The first-order valence-electron chi connectivity index (χ1n) is 22.2. The van der Waals surface area contributed by atoms with E-state index in [4.69, 9.17) is 38.0 Å². The Hall–Kier alpha value is -5.51. The van der Waals surface area contributed by atoms with Gasteiger partial charge in [0.25, 0.3) is 5.91 Å². The molecule has 4 amide bonds. The normalized spacial score (nSPS) is 17.4. The number of nitrogens with one attached hydrogen (secondary N) is 2. The van der Waals surface area contributed by atoms with Crippen molar-refractivity contribution in [1.29, 1.82) is 5.26 Å². The van der Waals surface area contributed by atoms with Crippen LogP contribution in [0.3, 0.4) is 0 Å². The van der Waals surface area contributed by atoms with Crippen LogP contribution in [-0.2, 0) is 35.2 Å². The van der Waals surface area contributed by atoms with Crippen LogP contribution in [0.2, 0.25) is 5.02 Å². The Morgan fingerprint density at radius 3 is 2.39 bits per heavy atom. The van der Waals surface area contributed by atoms with E-state index in [1.165, 1.54) is 29.2 Å². The zero-order valence-corrected chi connectivity index (χ0v) is 41.0. The molecule has 4 aromatic rings. The van der Waals surface area contributed by atoms with Gasteiger partial charge in [-0.05, 0) is 105 Å². The maximum absolute atomic E-state index is 15.3. The monoisotopic (exact) mass is 973 g/mol. The lowest BCUT2D eigenvalue weighted by Crippen LogP contribution is -2.58.